The van der Waals surface area contributed by atoms with Crippen LogP contribution in [0.3, 0.4) is 0 Å². The molecule has 0 heterocycles. The summed E-state index contributed by atoms with van der Waals surface area (Å²) in [6.45, 7) is 6.76. The van der Waals surface area contributed by atoms with E-state index in [0.29, 0.717) is 0 Å². The molecule has 0 atom stereocenters. The number of ether oxygens (including phenoxy) is 2. The number of rotatable bonds is 5. The van der Waals surface area contributed by atoms with Gasteiger partial charge in [-0.1, -0.05) is 6.58 Å². The van der Waals surface area contributed by atoms with Crippen molar-refractivity contribution < 1.29 is 40.8 Å². The minimum Gasteiger partial charge on any atom is -0.457 e. The van der Waals surface area contributed by atoms with Gasteiger partial charge in [0, 0.05) is 0 Å². The fraction of sp³-hybridized carbons (Fsp3) is 0.600. The molecule has 0 saturated carbocycles. The van der Waals surface area contributed by atoms with Crippen molar-refractivity contribution in [3.63, 3.8) is 0 Å². The first-order valence-corrected chi connectivity index (χ1v) is 6.55. The Kier molecular flexibility index (Phi) is 5.38. The van der Waals surface area contributed by atoms with E-state index in [9.17, 15) is 26.8 Å². The molecule has 0 bridgehead atoms. The summed E-state index contributed by atoms with van der Waals surface area (Å²) in [4.78, 5) is 22.2. The lowest BCUT2D eigenvalue weighted by molar-refractivity contribution is -0.161. The van der Waals surface area contributed by atoms with Gasteiger partial charge in [0.05, 0.1) is 5.57 Å². The van der Waals surface area contributed by atoms with Crippen LogP contribution in [0.25, 0.3) is 0 Å². The number of alkyl halides is 2. The molecule has 0 aromatic heterocycles. The molecule has 0 unspecified atom stereocenters. The fourth-order valence-electron chi connectivity index (χ4n) is 0.751. The summed E-state index contributed by atoms with van der Waals surface area (Å²) < 4.78 is 62.9. The first-order chi connectivity index (χ1) is 8.68. The van der Waals surface area contributed by atoms with E-state index in [4.69, 9.17) is 9.29 Å². The molecule has 0 aromatic rings. The zero-order valence-electron chi connectivity index (χ0n) is 11.0. The third-order valence-corrected chi connectivity index (χ3v) is 2.44. The Bertz CT molecular complexity index is 516. The molecule has 0 radical (unpaired) electrons. The highest BCUT2D eigenvalue weighted by Crippen LogP contribution is 2.22. The summed E-state index contributed by atoms with van der Waals surface area (Å²) in [6.07, 6.45) is 0. The predicted octanol–water partition coefficient (Wildman–Crippen LogP) is 0.908. The number of hydrogen-bond acceptors (Lipinski definition) is 6. The van der Waals surface area contributed by atoms with Gasteiger partial charge in [-0.25, -0.2) is 9.59 Å². The Labute approximate surface area is 114 Å². The van der Waals surface area contributed by atoms with Crippen molar-refractivity contribution in [2.24, 2.45) is 0 Å². The molecule has 116 valence electrons. The van der Waals surface area contributed by atoms with Crippen molar-refractivity contribution in [1.29, 1.82) is 0 Å². The minimum absolute atomic E-state index is 0.473. The molecular weight excluding hydrogens is 302 g/mol. The van der Waals surface area contributed by atoms with Crippen molar-refractivity contribution in [2.75, 3.05) is 6.61 Å². The van der Waals surface area contributed by atoms with Gasteiger partial charge in [-0.05, 0) is 20.8 Å². The quantitative estimate of drug-likeness (QED) is 0.456. The molecule has 1 N–H and O–H groups in total. The van der Waals surface area contributed by atoms with Gasteiger partial charge < -0.3 is 9.47 Å². The van der Waals surface area contributed by atoms with Crippen molar-refractivity contribution >= 4 is 22.1 Å². The van der Waals surface area contributed by atoms with Crippen LogP contribution in [0.4, 0.5) is 8.78 Å². The molecule has 20 heavy (non-hydrogen) atoms. The van der Waals surface area contributed by atoms with Crippen molar-refractivity contribution in [3.8, 4) is 0 Å². The molecule has 0 aliphatic carbocycles. The van der Waals surface area contributed by atoms with Crippen LogP contribution in [0.15, 0.2) is 12.2 Å². The maximum absolute atomic E-state index is 12.8. The van der Waals surface area contributed by atoms with Gasteiger partial charge in [0.15, 0.2) is 0 Å². The molecule has 10 heteroatoms. The van der Waals surface area contributed by atoms with E-state index >= 15 is 0 Å². The average molecular weight is 316 g/mol. The largest absolute Gasteiger partial charge is 0.465 e. The summed E-state index contributed by atoms with van der Waals surface area (Å²) in [5.41, 5.74) is -1.35. The molecule has 0 fully saturated rings. The maximum atomic E-state index is 12.8. The Hall–Kier alpha value is -1.55. The summed E-state index contributed by atoms with van der Waals surface area (Å²) in [7, 11) is -5.95. The highest BCUT2D eigenvalue weighted by molar-refractivity contribution is 7.87. The van der Waals surface area contributed by atoms with E-state index < -0.39 is 45.1 Å². The monoisotopic (exact) mass is 316 g/mol. The van der Waals surface area contributed by atoms with E-state index in [0.717, 1.165) is 0 Å². The van der Waals surface area contributed by atoms with E-state index in [1.54, 1.807) is 0 Å². The predicted molar refractivity (Wildman–Crippen MR) is 62.4 cm³/mol. The number of hydrogen-bond donors (Lipinski definition) is 1. The van der Waals surface area contributed by atoms with Crippen molar-refractivity contribution in [1.82, 2.24) is 0 Å². The molecule has 0 amide bonds. The topological polar surface area (TPSA) is 107 Å². The molecule has 0 rings (SSSR count). The average Bonchev–Trinajstić information content (AvgIpc) is 2.20. The van der Waals surface area contributed by atoms with Gasteiger partial charge in [-0.3, -0.25) is 4.55 Å². The van der Waals surface area contributed by atoms with E-state index in [2.05, 4.69) is 11.3 Å². The molecule has 0 spiro atoms. The second-order valence-corrected chi connectivity index (χ2v) is 6.14. The van der Waals surface area contributed by atoms with Gasteiger partial charge in [0.1, 0.15) is 12.2 Å². The van der Waals surface area contributed by atoms with E-state index in [-0.39, 0.29) is 0 Å². The maximum Gasteiger partial charge on any atom is 0.465 e. The van der Waals surface area contributed by atoms with Crippen LogP contribution < -0.4 is 0 Å². The lowest BCUT2D eigenvalue weighted by atomic mass is 10.2. The molecule has 0 aliphatic rings. The number of esters is 2. The lowest BCUT2D eigenvalue weighted by Gasteiger charge is -2.20. The fourth-order valence-corrected chi connectivity index (χ4v) is 1.02. The van der Waals surface area contributed by atoms with Gasteiger partial charge in [0.25, 0.3) is 0 Å². The van der Waals surface area contributed by atoms with Gasteiger partial charge in [-0.15, -0.1) is 0 Å². The minimum atomic E-state index is -5.95. The third kappa shape index (κ3) is 5.21. The molecule has 0 aromatic carbocycles. The molecule has 7 nitrogen and oxygen atoms in total. The number of carbonyl (C=O) groups excluding carboxylic acids is 2. The van der Waals surface area contributed by atoms with Gasteiger partial charge >= 0.3 is 27.3 Å². The highest BCUT2D eigenvalue weighted by atomic mass is 32.2. The standard InChI is InChI=1S/C10H14F2O7S/c1-6(7(13)19-9(2,3)4)5-18-8(14)10(11,12)20(15,16)17/h1,5H2,2-4H3,(H,15,16,17). The zero-order chi connectivity index (χ0) is 16.4. The van der Waals surface area contributed by atoms with Crippen LogP contribution >= 0.6 is 0 Å². The Morgan fingerprint density at radius 2 is 1.70 bits per heavy atom. The first-order valence-electron chi connectivity index (χ1n) is 5.11. The van der Waals surface area contributed by atoms with E-state index in [1.165, 1.54) is 20.8 Å². The highest BCUT2D eigenvalue weighted by Gasteiger charge is 2.54. The van der Waals surface area contributed by atoms with Gasteiger partial charge in [0.2, 0.25) is 0 Å². The van der Waals surface area contributed by atoms with Crippen molar-refractivity contribution in [3.05, 3.63) is 12.2 Å². The number of halogens is 2. The van der Waals surface area contributed by atoms with Crippen molar-refractivity contribution in [2.45, 2.75) is 31.6 Å². The summed E-state index contributed by atoms with van der Waals surface area (Å²) >= 11 is 0. The smallest absolute Gasteiger partial charge is 0.457 e. The molecule has 0 aliphatic heterocycles. The second-order valence-electron chi connectivity index (χ2n) is 4.67. The van der Waals surface area contributed by atoms with Crippen LogP contribution in [0.5, 0.6) is 0 Å². The Morgan fingerprint density at radius 1 is 1.25 bits per heavy atom. The van der Waals surface area contributed by atoms with Crippen LogP contribution in [0.2, 0.25) is 0 Å². The van der Waals surface area contributed by atoms with Crippen LogP contribution in [-0.4, -0.2) is 42.4 Å². The van der Waals surface area contributed by atoms with Crippen LogP contribution in [0, 0.1) is 0 Å². The first kappa shape index (κ1) is 18.4. The summed E-state index contributed by atoms with van der Waals surface area (Å²) in [5, 5.41) is -5.12. The second kappa shape index (κ2) is 5.83. The third-order valence-electron chi connectivity index (χ3n) is 1.63. The van der Waals surface area contributed by atoms with Crippen LogP contribution in [-0.2, 0) is 29.2 Å². The van der Waals surface area contributed by atoms with Gasteiger partial charge in [-0.2, -0.15) is 17.2 Å². The SMILES string of the molecule is C=C(COC(=O)C(F)(F)S(=O)(=O)O)C(=O)OC(C)(C)C. The Morgan fingerprint density at radius 3 is 2.05 bits per heavy atom. The zero-order valence-corrected chi connectivity index (χ0v) is 11.8. The van der Waals surface area contributed by atoms with E-state index in [1.807, 2.05) is 0 Å². The summed E-state index contributed by atoms with van der Waals surface area (Å²) in [5.74, 6) is -3.52. The summed E-state index contributed by atoms with van der Waals surface area (Å²) in [6, 6.07) is 0. The Balaban J connectivity index is 4.62. The molecule has 0 saturated heterocycles. The normalized spacial score (nSPS) is 12.7. The number of carbonyl (C=O) groups is 2. The molecular formula is C10H14F2O7S. The van der Waals surface area contributed by atoms with Crippen LogP contribution in [0.1, 0.15) is 20.8 Å². The lowest BCUT2D eigenvalue weighted by Crippen LogP contribution is -2.39.